The number of rotatable bonds is 6. The average Bonchev–Trinajstić information content (AvgIpc) is 2.86. The standard InChI is InChI=1S/C26H27FN6O/c1-17-13-29-21(14-28-17)15-30-24-26(34)33(16-18-5-3-2-4-6-18)25-23(31-24)12-11-22(32-25)19-7-9-20(27)10-8-19/h7-14,18H,2-6,15-16H2,1H3,(H,30,31). The van der Waals surface area contributed by atoms with Crippen LogP contribution in [0.5, 0.6) is 0 Å². The summed E-state index contributed by atoms with van der Waals surface area (Å²) in [7, 11) is 0. The molecular weight excluding hydrogens is 431 g/mol. The summed E-state index contributed by atoms with van der Waals surface area (Å²) in [4.78, 5) is 31.5. The molecule has 1 aliphatic rings. The molecule has 1 aliphatic carbocycles. The fourth-order valence-corrected chi connectivity index (χ4v) is 4.50. The SMILES string of the molecule is Cc1cnc(CNc2nc3ccc(-c4ccc(F)cc4)nc3n(CC3CCCCC3)c2=O)cn1. The fraction of sp³-hybridized carbons (Fsp3) is 0.346. The first-order valence-corrected chi connectivity index (χ1v) is 11.8. The maximum absolute atomic E-state index is 13.5. The Morgan fingerprint density at radius 2 is 1.79 bits per heavy atom. The molecule has 0 saturated heterocycles. The quantitative estimate of drug-likeness (QED) is 0.443. The van der Waals surface area contributed by atoms with Crippen molar-refractivity contribution in [1.82, 2.24) is 24.5 Å². The first kappa shape index (κ1) is 22.1. The number of pyridine rings is 1. The number of fused-ring (bicyclic) bond motifs is 1. The van der Waals surface area contributed by atoms with Crippen LogP contribution in [0.2, 0.25) is 0 Å². The van der Waals surface area contributed by atoms with E-state index >= 15 is 0 Å². The Morgan fingerprint density at radius 1 is 1.00 bits per heavy atom. The van der Waals surface area contributed by atoms with Gasteiger partial charge < -0.3 is 5.32 Å². The zero-order valence-corrected chi connectivity index (χ0v) is 19.2. The van der Waals surface area contributed by atoms with Crippen molar-refractivity contribution in [2.75, 3.05) is 5.32 Å². The summed E-state index contributed by atoms with van der Waals surface area (Å²) >= 11 is 0. The molecule has 34 heavy (non-hydrogen) atoms. The molecule has 7 nitrogen and oxygen atoms in total. The zero-order chi connectivity index (χ0) is 23.5. The van der Waals surface area contributed by atoms with Gasteiger partial charge in [0, 0.05) is 18.3 Å². The van der Waals surface area contributed by atoms with Crippen LogP contribution >= 0.6 is 0 Å². The Kier molecular flexibility index (Phi) is 6.29. The lowest BCUT2D eigenvalue weighted by molar-refractivity contribution is 0.319. The maximum Gasteiger partial charge on any atom is 0.294 e. The molecule has 0 radical (unpaired) electrons. The third-order valence-electron chi connectivity index (χ3n) is 6.37. The molecule has 1 N–H and O–H groups in total. The van der Waals surface area contributed by atoms with Crippen LogP contribution in [-0.4, -0.2) is 24.5 Å². The Morgan fingerprint density at radius 3 is 2.53 bits per heavy atom. The second-order valence-electron chi connectivity index (χ2n) is 8.93. The van der Waals surface area contributed by atoms with Gasteiger partial charge >= 0.3 is 0 Å². The van der Waals surface area contributed by atoms with E-state index in [1.54, 1.807) is 29.1 Å². The van der Waals surface area contributed by atoms with Crippen molar-refractivity contribution in [2.45, 2.75) is 52.1 Å². The highest BCUT2D eigenvalue weighted by molar-refractivity contribution is 5.76. The highest BCUT2D eigenvalue weighted by atomic mass is 19.1. The molecule has 0 bridgehead atoms. The van der Waals surface area contributed by atoms with Crippen molar-refractivity contribution < 1.29 is 4.39 Å². The molecule has 4 aromatic rings. The predicted octanol–water partition coefficient (Wildman–Crippen LogP) is 4.89. The van der Waals surface area contributed by atoms with Crippen LogP contribution in [0.3, 0.4) is 0 Å². The fourth-order valence-electron chi connectivity index (χ4n) is 4.50. The molecule has 3 aromatic heterocycles. The van der Waals surface area contributed by atoms with Crippen LogP contribution in [0.25, 0.3) is 22.4 Å². The summed E-state index contributed by atoms with van der Waals surface area (Å²) in [5.41, 5.74) is 4.04. The highest BCUT2D eigenvalue weighted by Crippen LogP contribution is 2.26. The van der Waals surface area contributed by atoms with E-state index in [4.69, 9.17) is 4.98 Å². The van der Waals surface area contributed by atoms with Gasteiger partial charge in [-0.1, -0.05) is 19.3 Å². The van der Waals surface area contributed by atoms with Gasteiger partial charge in [-0.05, 0) is 62.1 Å². The largest absolute Gasteiger partial charge is 0.360 e. The highest BCUT2D eigenvalue weighted by Gasteiger charge is 2.19. The summed E-state index contributed by atoms with van der Waals surface area (Å²) in [5.74, 6) is 0.417. The van der Waals surface area contributed by atoms with Crippen molar-refractivity contribution in [3.05, 3.63) is 76.4 Å². The number of halogens is 1. The second kappa shape index (κ2) is 9.67. The van der Waals surface area contributed by atoms with Gasteiger partial charge in [-0.25, -0.2) is 14.4 Å². The third kappa shape index (κ3) is 4.81. The van der Waals surface area contributed by atoms with E-state index in [0.29, 0.717) is 35.9 Å². The molecule has 1 saturated carbocycles. The van der Waals surface area contributed by atoms with E-state index in [-0.39, 0.29) is 17.2 Å². The van der Waals surface area contributed by atoms with Crippen molar-refractivity contribution in [2.24, 2.45) is 5.92 Å². The normalized spacial score (nSPS) is 14.4. The number of nitrogens with one attached hydrogen (secondary N) is 1. The number of hydrogen-bond acceptors (Lipinski definition) is 6. The van der Waals surface area contributed by atoms with Crippen LogP contribution < -0.4 is 10.9 Å². The Bertz CT molecular complexity index is 1350. The Labute approximate surface area is 197 Å². The lowest BCUT2D eigenvalue weighted by Crippen LogP contribution is -2.29. The summed E-state index contributed by atoms with van der Waals surface area (Å²) in [6, 6.07) is 9.94. The molecule has 0 spiro atoms. The van der Waals surface area contributed by atoms with Crippen LogP contribution in [0.1, 0.15) is 43.5 Å². The van der Waals surface area contributed by atoms with Gasteiger partial charge in [0.25, 0.3) is 5.56 Å². The molecule has 0 aliphatic heterocycles. The molecule has 0 amide bonds. The topological polar surface area (TPSA) is 85.6 Å². The van der Waals surface area contributed by atoms with Gasteiger partial charge in [-0.2, -0.15) is 0 Å². The molecule has 3 heterocycles. The van der Waals surface area contributed by atoms with Gasteiger partial charge in [0.15, 0.2) is 11.5 Å². The van der Waals surface area contributed by atoms with E-state index < -0.39 is 0 Å². The van der Waals surface area contributed by atoms with E-state index in [1.165, 1.54) is 31.4 Å². The smallest absolute Gasteiger partial charge is 0.294 e. The van der Waals surface area contributed by atoms with Crippen molar-refractivity contribution in [3.8, 4) is 11.3 Å². The monoisotopic (exact) mass is 458 g/mol. The van der Waals surface area contributed by atoms with Gasteiger partial charge in [0.05, 0.1) is 29.8 Å². The lowest BCUT2D eigenvalue weighted by atomic mass is 9.89. The molecule has 0 unspecified atom stereocenters. The molecule has 1 fully saturated rings. The molecular formula is C26H27FN6O. The maximum atomic E-state index is 13.5. The summed E-state index contributed by atoms with van der Waals surface area (Å²) < 4.78 is 15.2. The van der Waals surface area contributed by atoms with Gasteiger partial charge in [0.1, 0.15) is 11.3 Å². The van der Waals surface area contributed by atoms with Crippen LogP contribution in [-0.2, 0) is 13.1 Å². The third-order valence-corrected chi connectivity index (χ3v) is 6.37. The summed E-state index contributed by atoms with van der Waals surface area (Å²) in [5, 5.41) is 3.15. The first-order chi connectivity index (χ1) is 16.6. The number of hydrogen-bond donors (Lipinski definition) is 1. The van der Waals surface area contributed by atoms with Crippen molar-refractivity contribution in [3.63, 3.8) is 0 Å². The molecule has 0 atom stereocenters. The predicted molar refractivity (Wildman–Crippen MR) is 130 cm³/mol. The molecule has 174 valence electrons. The number of aromatic nitrogens is 5. The minimum Gasteiger partial charge on any atom is -0.360 e. The number of nitrogens with zero attached hydrogens (tertiary/aromatic N) is 5. The second-order valence-corrected chi connectivity index (χ2v) is 8.93. The summed E-state index contributed by atoms with van der Waals surface area (Å²) in [6.45, 7) is 2.84. The van der Waals surface area contributed by atoms with Crippen molar-refractivity contribution in [1.29, 1.82) is 0 Å². The lowest BCUT2D eigenvalue weighted by Gasteiger charge is -2.23. The molecule has 5 rings (SSSR count). The van der Waals surface area contributed by atoms with E-state index in [2.05, 4.69) is 20.3 Å². The Hall–Kier alpha value is -3.68. The number of aryl methyl sites for hydroxylation is 1. The minimum atomic E-state index is -0.297. The minimum absolute atomic E-state index is 0.193. The summed E-state index contributed by atoms with van der Waals surface area (Å²) in [6.07, 6.45) is 9.24. The van der Waals surface area contributed by atoms with Gasteiger partial charge in [-0.15, -0.1) is 0 Å². The van der Waals surface area contributed by atoms with Crippen molar-refractivity contribution >= 4 is 17.0 Å². The molecule has 8 heteroatoms. The van der Waals surface area contributed by atoms with E-state index in [1.807, 2.05) is 19.1 Å². The van der Waals surface area contributed by atoms with Crippen LogP contribution in [0.15, 0.2) is 53.6 Å². The van der Waals surface area contributed by atoms with Gasteiger partial charge in [0.2, 0.25) is 0 Å². The van der Waals surface area contributed by atoms with E-state index in [0.717, 1.165) is 29.8 Å². The van der Waals surface area contributed by atoms with E-state index in [9.17, 15) is 9.18 Å². The number of benzene rings is 1. The zero-order valence-electron chi connectivity index (χ0n) is 19.2. The van der Waals surface area contributed by atoms with Crippen LogP contribution in [0, 0.1) is 18.7 Å². The van der Waals surface area contributed by atoms with Crippen LogP contribution in [0.4, 0.5) is 10.2 Å². The Balaban J connectivity index is 1.54. The first-order valence-electron chi connectivity index (χ1n) is 11.8. The van der Waals surface area contributed by atoms with Gasteiger partial charge in [-0.3, -0.25) is 19.3 Å². The molecule has 1 aromatic carbocycles. The number of anilines is 1. The average molecular weight is 459 g/mol.